The Kier molecular flexibility index (Phi) is 8.58. The van der Waals surface area contributed by atoms with Crippen molar-refractivity contribution in [3.8, 4) is 44.5 Å². The van der Waals surface area contributed by atoms with E-state index in [1.165, 1.54) is 39.1 Å². The molecule has 52 heavy (non-hydrogen) atoms. The van der Waals surface area contributed by atoms with Crippen molar-refractivity contribution in [2.75, 3.05) is 0 Å². The Bertz CT molecular complexity index is 2360. The highest BCUT2D eigenvalue weighted by atomic mass is 127. The molecule has 0 atom stereocenters. The summed E-state index contributed by atoms with van der Waals surface area (Å²) in [6.07, 6.45) is 8.79. The second kappa shape index (κ2) is 13.6. The van der Waals surface area contributed by atoms with Crippen molar-refractivity contribution >= 4 is 88.4 Å². The van der Waals surface area contributed by atoms with Crippen LogP contribution in [0.15, 0.2) is 121 Å². The highest BCUT2D eigenvalue weighted by Crippen LogP contribution is 2.43. The van der Waals surface area contributed by atoms with Gasteiger partial charge in [-0.2, -0.15) is 0 Å². The molecular weight excluding hydrogens is 784 g/mol. The largest absolute Gasteiger partial charge is 0.248 e. The van der Waals surface area contributed by atoms with E-state index in [1.807, 2.05) is 0 Å². The average molecular weight is 817 g/mol. The summed E-state index contributed by atoms with van der Waals surface area (Å²) >= 11 is 5.99. The van der Waals surface area contributed by atoms with E-state index in [4.69, 9.17) is 9.97 Å². The number of benzene rings is 4. The zero-order valence-corrected chi connectivity index (χ0v) is 32.7. The van der Waals surface area contributed by atoms with Crippen LogP contribution in [0.25, 0.3) is 87.6 Å². The molecule has 2 nitrogen and oxygen atoms in total. The molecule has 4 aromatic carbocycles. The maximum Gasteiger partial charge on any atom is 0.0730 e. The van der Waals surface area contributed by atoms with Gasteiger partial charge in [0.2, 0.25) is 0 Å². The van der Waals surface area contributed by atoms with E-state index >= 15 is 0 Å². The number of halogens is 1. The van der Waals surface area contributed by atoms with Crippen LogP contribution in [-0.4, -0.2) is 9.97 Å². The van der Waals surface area contributed by atoms with Gasteiger partial charge in [-0.05, 0) is 126 Å². The monoisotopic (exact) mass is 816 g/mol. The number of nitrogens with zero attached hydrogens (tertiary/aromatic N) is 2. The summed E-state index contributed by atoms with van der Waals surface area (Å²) in [7, 11) is 0. The van der Waals surface area contributed by atoms with Gasteiger partial charge < -0.3 is 0 Å². The Labute approximate surface area is 325 Å². The summed E-state index contributed by atoms with van der Waals surface area (Å²) in [6.45, 7) is 6.41. The smallest absolute Gasteiger partial charge is 0.0730 e. The SMILES string of the molecule is Cc1ccc(-c2c3nc(c(-c4ccc(C)cc4)c4ccc(s4)c(-c4ccc(I)cc4)c4nc(c(-c5ccc(C)cc5)c5ccc2s5)C=C4)C=C3)cc1. The standard InChI is InChI=1S/C47H33IN2S2/c1-28-4-10-31(11-5-28)44-36-20-21-37(49-36)45(32-12-6-29(2)7-13-32)42-26-27-43(52-42)47(34-16-18-35(48)19-17-34)39-23-22-38(50-39)46(41-25-24-40(44)51-41)33-14-8-30(3)9-15-33/h4-27H,1-3H3. The topological polar surface area (TPSA) is 25.8 Å². The minimum absolute atomic E-state index is 0.968. The fourth-order valence-corrected chi connectivity index (χ4v) is 9.61. The van der Waals surface area contributed by atoms with E-state index < -0.39 is 0 Å². The van der Waals surface area contributed by atoms with Crippen LogP contribution in [0.3, 0.4) is 0 Å². The van der Waals surface area contributed by atoms with Gasteiger partial charge in [-0.25, -0.2) is 9.97 Å². The van der Waals surface area contributed by atoms with Gasteiger partial charge in [-0.15, -0.1) is 22.7 Å². The van der Waals surface area contributed by atoms with Crippen LogP contribution in [0.5, 0.6) is 0 Å². The Hall–Kier alpha value is -4.95. The summed E-state index contributed by atoms with van der Waals surface area (Å²) < 4.78 is 5.90. The van der Waals surface area contributed by atoms with E-state index in [9.17, 15) is 0 Å². The van der Waals surface area contributed by atoms with Crippen molar-refractivity contribution in [2.24, 2.45) is 0 Å². The number of rotatable bonds is 4. The van der Waals surface area contributed by atoms with Gasteiger partial charge in [0.25, 0.3) is 0 Å². The van der Waals surface area contributed by atoms with Crippen molar-refractivity contribution in [1.29, 1.82) is 0 Å². The first-order chi connectivity index (χ1) is 25.4. The van der Waals surface area contributed by atoms with Crippen LogP contribution in [0.2, 0.25) is 0 Å². The predicted molar refractivity (Wildman–Crippen MR) is 235 cm³/mol. The first kappa shape index (κ1) is 32.9. The van der Waals surface area contributed by atoms with Gasteiger partial charge in [-0.3, -0.25) is 0 Å². The molecule has 0 N–H and O–H groups in total. The molecular formula is C47H33IN2S2. The third-order valence-corrected chi connectivity index (χ3v) is 12.6. The fourth-order valence-electron chi connectivity index (χ4n) is 6.94. The first-order valence-electron chi connectivity index (χ1n) is 17.3. The molecule has 250 valence electrons. The number of aromatic nitrogens is 2. The summed E-state index contributed by atoms with van der Waals surface area (Å²) in [5.74, 6) is 0. The van der Waals surface area contributed by atoms with Gasteiger partial charge in [-0.1, -0.05) is 102 Å². The van der Waals surface area contributed by atoms with E-state index in [1.54, 1.807) is 22.7 Å². The summed E-state index contributed by atoms with van der Waals surface area (Å²) in [4.78, 5) is 10.9. The molecule has 0 fully saturated rings. The van der Waals surface area contributed by atoms with Gasteiger partial charge in [0.05, 0.1) is 22.8 Å². The lowest BCUT2D eigenvalue weighted by Crippen LogP contribution is -1.87. The average Bonchev–Trinajstić information content (AvgIpc) is 3.99. The normalized spacial score (nSPS) is 12.1. The summed E-state index contributed by atoms with van der Waals surface area (Å²) in [5.41, 5.74) is 16.7. The quantitative estimate of drug-likeness (QED) is 0.165. The Morgan fingerprint density at radius 3 is 0.865 bits per heavy atom. The number of thiophene rings is 2. The molecule has 0 saturated carbocycles. The van der Waals surface area contributed by atoms with Gasteiger partial charge in [0, 0.05) is 44.6 Å². The van der Waals surface area contributed by atoms with Crippen LogP contribution >= 0.6 is 45.3 Å². The lowest BCUT2D eigenvalue weighted by atomic mass is 10.0. The number of aryl methyl sites for hydroxylation is 3. The molecule has 0 saturated heterocycles. The van der Waals surface area contributed by atoms with Crippen LogP contribution in [0.4, 0.5) is 0 Å². The van der Waals surface area contributed by atoms with Gasteiger partial charge >= 0.3 is 0 Å². The van der Waals surface area contributed by atoms with E-state index in [0.717, 1.165) is 67.3 Å². The highest BCUT2D eigenvalue weighted by Gasteiger charge is 2.19. The zero-order chi connectivity index (χ0) is 35.3. The Morgan fingerprint density at radius 2 is 0.596 bits per heavy atom. The van der Waals surface area contributed by atoms with Gasteiger partial charge in [0.1, 0.15) is 0 Å². The minimum Gasteiger partial charge on any atom is -0.248 e. The Balaban J connectivity index is 1.47. The molecule has 8 bridgehead atoms. The molecule has 2 aliphatic rings. The highest BCUT2D eigenvalue weighted by molar-refractivity contribution is 14.1. The zero-order valence-electron chi connectivity index (χ0n) is 28.9. The van der Waals surface area contributed by atoms with E-state index in [-0.39, 0.29) is 0 Å². The molecule has 7 aromatic rings. The van der Waals surface area contributed by atoms with Gasteiger partial charge in [0.15, 0.2) is 0 Å². The third kappa shape index (κ3) is 6.17. The molecule has 5 heterocycles. The molecule has 0 amide bonds. The lowest BCUT2D eigenvalue weighted by Gasteiger charge is -2.07. The second-order valence-corrected chi connectivity index (χ2v) is 16.8. The maximum absolute atomic E-state index is 5.47. The summed E-state index contributed by atoms with van der Waals surface area (Å²) in [5, 5.41) is 0. The number of hydrogen-bond acceptors (Lipinski definition) is 4. The first-order valence-corrected chi connectivity index (χ1v) is 20.0. The van der Waals surface area contributed by atoms with Crippen molar-refractivity contribution in [1.82, 2.24) is 9.97 Å². The molecule has 0 aliphatic carbocycles. The van der Waals surface area contributed by atoms with Crippen LogP contribution in [0, 0.1) is 24.3 Å². The fraction of sp³-hybridized carbons (Fsp3) is 0.0638. The van der Waals surface area contributed by atoms with Crippen LogP contribution in [0.1, 0.15) is 39.5 Å². The molecule has 9 rings (SSSR count). The minimum atomic E-state index is 0.968. The van der Waals surface area contributed by atoms with Crippen molar-refractivity contribution in [3.63, 3.8) is 0 Å². The third-order valence-electron chi connectivity index (χ3n) is 9.66. The second-order valence-electron chi connectivity index (χ2n) is 13.4. The van der Waals surface area contributed by atoms with Crippen molar-refractivity contribution < 1.29 is 0 Å². The van der Waals surface area contributed by atoms with Crippen molar-refractivity contribution in [2.45, 2.75) is 20.8 Å². The molecule has 0 unspecified atom stereocenters. The predicted octanol–water partition coefficient (Wildman–Crippen LogP) is 14.3. The Morgan fingerprint density at radius 1 is 0.346 bits per heavy atom. The molecule has 3 aromatic heterocycles. The van der Waals surface area contributed by atoms with E-state index in [2.05, 4.69) is 189 Å². The van der Waals surface area contributed by atoms with Crippen molar-refractivity contribution in [3.05, 3.63) is 164 Å². The number of hydrogen-bond donors (Lipinski definition) is 0. The lowest BCUT2D eigenvalue weighted by molar-refractivity contribution is 1.33. The van der Waals surface area contributed by atoms with Crippen LogP contribution < -0.4 is 0 Å². The molecule has 0 radical (unpaired) electrons. The number of fused-ring (bicyclic) bond motifs is 8. The molecule has 0 spiro atoms. The molecule has 2 aliphatic heterocycles. The summed E-state index contributed by atoms with van der Waals surface area (Å²) in [6, 6.07) is 44.4. The van der Waals surface area contributed by atoms with Crippen LogP contribution in [-0.2, 0) is 0 Å². The maximum atomic E-state index is 5.47. The molecule has 5 heteroatoms. The van der Waals surface area contributed by atoms with E-state index in [0.29, 0.717) is 0 Å².